The van der Waals surface area contributed by atoms with Crippen molar-refractivity contribution in [3.63, 3.8) is 0 Å². The van der Waals surface area contributed by atoms with Crippen molar-refractivity contribution in [2.45, 2.75) is 25.7 Å². The monoisotopic (exact) mass is 323 g/mol. The molecule has 21 heavy (non-hydrogen) atoms. The summed E-state index contributed by atoms with van der Waals surface area (Å²) in [6.45, 7) is 0.695. The molecule has 1 amide bonds. The number of benzene rings is 1. The molecule has 0 N–H and O–H groups in total. The highest BCUT2D eigenvalue weighted by molar-refractivity contribution is 6.42. The molecule has 0 aliphatic rings. The summed E-state index contributed by atoms with van der Waals surface area (Å²) >= 11 is 12.0. The first kappa shape index (κ1) is 17.3. The van der Waals surface area contributed by atoms with Crippen molar-refractivity contribution in [1.82, 2.24) is 4.90 Å². The van der Waals surface area contributed by atoms with Crippen molar-refractivity contribution in [2.75, 3.05) is 13.1 Å². The van der Waals surface area contributed by atoms with E-state index in [4.69, 9.17) is 33.7 Å². The minimum atomic E-state index is -0.0865. The van der Waals surface area contributed by atoms with Crippen LogP contribution in [0.5, 0.6) is 0 Å². The van der Waals surface area contributed by atoms with Gasteiger partial charge < -0.3 is 4.90 Å². The van der Waals surface area contributed by atoms with Gasteiger partial charge in [0.25, 0.3) is 0 Å². The maximum Gasteiger partial charge on any atom is 0.222 e. The van der Waals surface area contributed by atoms with Gasteiger partial charge in [0, 0.05) is 19.5 Å². The highest BCUT2D eigenvalue weighted by atomic mass is 35.5. The van der Waals surface area contributed by atoms with Gasteiger partial charge in [0.2, 0.25) is 5.91 Å². The van der Waals surface area contributed by atoms with Gasteiger partial charge in [-0.2, -0.15) is 10.5 Å². The van der Waals surface area contributed by atoms with Gasteiger partial charge in [-0.3, -0.25) is 4.79 Å². The zero-order valence-electron chi connectivity index (χ0n) is 11.5. The third kappa shape index (κ3) is 5.63. The molecule has 0 aliphatic carbocycles. The van der Waals surface area contributed by atoms with Crippen molar-refractivity contribution < 1.29 is 4.79 Å². The van der Waals surface area contributed by atoms with Crippen LogP contribution in [0, 0.1) is 22.7 Å². The number of aryl methyl sites for hydroxylation is 1. The summed E-state index contributed by atoms with van der Waals surface area (Å²) in [4.78, 5) is 13.7. The normalized spacial score (nSPS) is 9.71. The molecule has 0 bridgehead atoms. The van der Waals surface area contributed by atoms with Crippen LogP contribution in [0.1, 0.15) is 24.8 Å². The molecular formula is C15H15Cl2N3O. The molecule has 0 atom stereocenters. The van der Waals surface area contributed by atoms with E-state index in [0.717, 1.165) is 5.56 Å². The van der Waals surface area contributed by atoms with Crippen molar-refractivity contribution >= 4 is 29.1 Å². The largest absolute Gasteiger partial charge is 0.341 e. The smallest absolute Gasteiger partial charge is 0.222 e. The first-order valence-electron chi connectivity index (χ1n) is 6.54. The van der Waals surface area contributed by atoms with Gasteiger partial charge in [-0.1, -0.05) is 35.3 Å². The standard InChI is InChI=1S/C15H15Cl2N3O/c16-13-5-1-4-12(15(13)17)6-7-14(21)20(10-2-8-18)11-3-9-19/h1,4-5H,2-3,6-7,10-11H2. The summed E-state index contributed by atoms with van der Waals surface area (Å²) in [6, 6.07) is 9.32. The minimum absolute atomic E-state index is 0.0865. The Bertz CT molecular complexity index is 557. The molecule has 0 unspecified atom stereocenters. The molecular weight excluding hydrogens is 309 g/mol. The number of amides is 1. The predicted octanol–water partition coefficient (Wildman–Crippen LogP) is 3.58. The molecule has 110 valence electrons. The zero-order valence-corrected chi connectivity index (χ0v) is 13.0. The third-order valence-corrected chi connectivity index (χ3v) is 3.84. The van der Waals surface area contributed by atoms with Crippen LogP contribution >= 0.6 is 23.2 Å². The summed E-state index contributed by atoms with van der Waals surface area (Å²) in [7, 11) is 0. The number of halogens is 2. The van der Waals surface area contributed by atoms with Gasteiger partial charge in [0.05, 0.1) is 35.0 Å². The fourth-order valence-electron chi connectivity index (χ4n) is 1.87. The van der Waals surface area contributed by atoms with Crippen LogP contribution in [0.4, 0.5) is 0 Å². The molecule has 0 heterocycles. The van der Waals surface area contributed by atoms with E-state index >= 15 is 0 Å². The average Bonchev–Trinajstić information content (AvgIpc) is 2.48. The molecule has 1 aromatic carbocycles. The van der Waals surface area contributed by atoms with Gasteiger partial charge in [0.1, 0.15) is 0 Å². The van der Waals surface area contributed by atoms with Crippen LogP contribution < -0.4 is 0 Å². The minimum Gasteiger partial charge on any atom is -0.341 e. The molecule has 0 saturated heterocycles. The van der Waals surface area contributed by atoms with E-state index in [9.17, 15) is 4.79 Å². The van der Waals surface area contributed by atoms with Gasteiger partial charge in [-0.25, -0.2) is 0 Å². The Morgan fingerprint density at radius 3 is 2.33 bits per heavy atom. The topological polar surface area (TPSA) is 67.9 Å². The Labute approximate surface area is 134 Å². The number of rotatable bonds is 7. The van der Waals surface area contributed by atoms with E-state index in [1.807, 2.05) is 18.2 Å². The molecule has 0 aromatic heterocycles. The lowest BCUT2D eigenvalue weighted by molar-refractivity contribution is -0.131. The Balaban J connectivity index is 2.62. The Morgan fingerprint density at radius 2 is 1.76 bits per heavy atom. The highest BCUT2D eigenvalue weighted by Crippen LogP contribution is 2.26. The van der Waals surface area contributed by atoms with Crippen LogP contribution in [0.25, 0.3) is 0 Å². The molecule has 1 aromatic rings. The molecule has 0 spiro atoms. The van der Waals surface area contributed by atoms with E-state index in [2.05, 4.69) is 0 Å². The average molecular weight is 324 g/mol. The third-order valence-electron chi connectivity index (χ3n) is 2.98. The molecule has 0 aliphatic heterocycles. The number of carbonyl (C=O) groups is 1. The number of carbonyl (C=O) groups excluding carboxylic acids is 1. The second kappa shape index (κ2) is 9.23. The van der Waals surface area contributed by atoms with E-state index in [-0.39, 0.29) is 25.2 Å². The van der Waals surface area contributed by atoms with Crippen LogP contribution in [-0.4, -0.2) is 23.9 Å². The second-order valence-electron chi connectivity index (χ2n) is 4.41. The van der Waals surface area contributed by atoms with Gasteiger partial charge in [0.15, 0.2) is 0 Å². The molecule has 4 nitrogen and oxygen atoms in total. The van der Waals surface area contributed by atoms with Gasteiger partial charge in [-0.05, 0) is 18.1 Å². The van der Waals surface area contributed by atoms with Crippen molar-refractivity contribution in [1.29, 1.82) is 10.5 Å². The van der Waals surface area contributed by atoms with E-state index < -0.39 is 0 Å². The van der Waals surface area contributed by atoms with Crippen molar-refractivity contribution in [3.8, 4) is 12.1 Å². The lowest BCUT2D eigenvalue weighted by atomic mass is 10.1. The molecule has 0 radical (unpaired) electrons. The number of hydrogen-bond donors (Lipinski definition) is 0. The van der Waals surface area contributed by atoms with Gasteiger partial charge in [-0.15, -0.1) is 0 Å². The molecule has 6 heteroatoms. The van der Waals surface area contributed by atoms with Crippen LogP contribution in [-0.2, 0) is 11.2 Å². The fourth-order valence-corrected chi connectivity index (χ4v) is 2.29. The Kier molecular flexibility index (Phi) is 7.61. The number of nitrogens with zero attached hydrogens (tertiary/aromatic N) is 3. The van der Waals surface area contributed by atoms with Crippen LogP contribution in [0.15, 0.2) is 18.2 Å². The maximum atomic E-state index is 12.2. The summed E-state index contributed by atoms with van der Waals surface area (Å²) in [5.74, 6) is -0.0865. The maximum absolute atomic E-state index is 12.2. The van der Waals surface area contributed by atoms with Crippen LogP contribution in [0.2, 0.25) is 10.0 Å². The molecule has 1 rings (SSSR count). The zero-order chi connectivity index (χ0) is 15.7. The SMILES string of the molecule is N#CCCN(CCC#N)C(=O)CCc1cccc(Cl)c1Cl. The first-order valence-corrected chi connectivity index (χ1v) is 7.30. The highest BCUT2D eigenvalue weighted by Gasteiger charge is 2.14. The van der Waals surface area contributed by atoms with Gasteiger partial charge >= 0.3 is 0 Å². The summed E-state index contributed by atoms with van der Waals surface area (Å²) < 4.78 is 0. The molecule has 0 saturated carbocycles. The summed E-state index contributed by atoms with van der Waals surface area (Å²) in [6.07, 6.45) is 1.27. The number of nitriles is 2. The van der Waals surface area contributed by atoms with E-state index in [0.29, 0.717) is 29.6 Å². The predicted molar refractivity (Wildman–Crippen MR) is 81.8 cm³/mol. The fraction of sp³-hybridized carbons (Fsp3) is 0.400. The van der Waals surface area contributed by atoms with Crippen LogP contribution in [0.3, 0.4) is 0 Å². The van der Waals surface area contributed by atoms with E-state index in [1.54, 1.807) is 17.0 Å². The molecule has 0 fully saturated rings. The van der Waals surface area contributed by atoms with E-state index in [1.165, 1.54) is 0 Å². The second-order valence-corrected chi connectivity index (χ2v) is 5.20. The van der Waals surface area contributed by atoms with Crippen molar-refractivity contribution in [2.24, 2.45) is 0 Å². The number of hydrogen-bond acceptors (Lipinski definition) is 3. The summed E-state index contributed by atoms with van der Waals surface area (Å²) in [5, 5.41) is 18.2. The first-order chi connectivity index (χ1) is 10.1. The lowest BCUT2D eigenvalue weighted by Gasteiger charge is -2.20. The van der Waals surface area contributed by atoms with Crippen molar-refractivity contribution in [3.05, 3.63) is 33.8 Å². The summed E-state index contributed by atoms with van der Waals surface area (Å²) in [5.41, 5.74) is 0.818. The lowest BCUT2D eigenvalue weighted by Crippen LogP contribution is -2.32. The Hall–Kier alpha value is -1.75. The Morgan fingerprint density at radius 1 is 1.14 bits per heavy atom. The quantitative estimate of drug-likeness (QED) is 0.770.